The summed E-state index contributed by atoms with van der Waals surface area (Å²) in [6, 6.07) is 0. The molecule has 0 saturated heterocycles. The zero-order valence-corrected chi connectivity index (χ0v) is 10.8. The van der Waals surface area contributed by atoms with E-state index in [4.69, 9.17) is 5.73 Å². The molecule has 0 unspecified atom stereocenters. The predicted molar refractivity (Wildman–Crippen MR) is 66.3 cm³/mol. The molecule has 1 aliphatic carbocycles. The third kappa shape index (κ3) is 2.97. The van der Waals surface area contributed by atoms with Gasteiger partial charge in [0.05, 0.1) is 12.0 Å². The minimum absolute atomic E-state index is 0.0450. The Balaban J connectivity index is 2.73. The van der Waals surface area contributed by atoms with Gasteiger partial charge in [-0.25, -0.2) is 0 Å². The molecule has 5 nitrogen and oxygen atoms in total. The molecule has 0 aromatic carbocycles. The Morgan fingerprint density at radius 3 is 2.35 bits per heavy atom. The molecule has 17 heavy (non-hydrogen) atoms. The van der Waals surface area contributed by atoms with E-state index in [9.17, 15) is 9.59 Å². The molecule has 0 spiro atoms. The molecule has 0 bridgehead atoms. The minimum Gasteiger partial charge on any atom is -0.358 e. The van der Waals surface area contributed by atoms with E-state index in [0.29, 0.717) is 13.1 Å². The van der Waals surface area contributed by atoms with Gasteiger partial charge in [0, 0.05) is 20.1 Å². The summed E-state index contributed by atoms with van der Waals surface area (Å²) < 4.78 is 0. The lowest BCUT2D eigenvalue weighted by Gasteiger charge is -2.32. The number of amides is 2. The number of carbonyl (C=O) groups is 2. The normalized spacial score (nSPS) is 17.8. The number of likely N-dealkylation sites (N-methyl/N-ethyl adjacent to an activating group) is 2. The standard InChI is InChI=1S/C12H23N3O2/c1-3-15(8-10(16)14-2)11(17)12(9-13)6-4-5-7-12/h3-9,13H2,1-2H3,(H,14,16). The molecule has 2 amide bonds. The highest BCUT2D eigenvalue weighted by Gasteiger charge is 2.42. The summed E-state index contributed by atoms with van der Waals surface area (Å²) in [7, 11) is 1.58. The molecular formula is C12H23N3O2. The maximum atomic E-state index is 12.4. The Labute approximate surface area is 103 Å². The van der Waals surface area contributed by atoms with Crippen LogP contribution >= 0.6 is 0 Å². The predicted octanol–water partition coefficient (Wildman–Crippen LogP) is 0.100. The van der Waals surface area contributed by atoms with E-state index < -0.39 is 5.41 Å². The van der Waals surface area contributed by atoms with Gasteiger partial charge >= 0.3 is 0 Å². The highest BCUT2D eigenvalue weighted by Crippen LogP contribution is 2.38. The SMILES string of the molecule is CCN(CC(=O)NC)C(=O)C1(CN)CCCC1. The van der Waals surface area contributed by atoms with Gasteiger partial charge in [-0.05, 0) is 19.8 Å². The molecule has 0 aliphatic heterocycles. The molecule has 0 radical (unpaired) electrons. The summed E-state index contributed by atoms with van der Waals surface area (Å²) in [6.45, 7) is 2.96. The number of nitrogens with two attached hydrogens (primary N) is 1. The van der Waals surface area contributed by atoms with Crippen LogP contribution in [-0.2, 0) is 9.59 Å². The highest BCUT2D eigenvalue weighted by atomic mass is 16.2. The van der Waals surface area contributed by atoms with Crippen molar-refractivity contribution >= 4 is 11.8 Å². The van der Waals surface area contributed by atoms with Gasteiger partial charge in [0.2, 0.25) is 11.8 Å². The van der Waals surface area contributed by atoms with E-state index in [2.05, 4.69) is 5.32 Å². The van der Waals surface area contributed by atoms with Gasteiger partial charge in [-0.15, -0.1) is 0 Å². The molecule has 3 N–H and O–H groups in total. The van der Waals surface area contributed by atoms with Crippen molar-refractivity contribution in [3.63, 3.8) is 0 Å². The average molecular weight is 241 g/mol. The number of nitrogens with zero attached hydrogens (tertiary/aromatic N) is 1. The topological polar surface area (TPSA) is 75.4 Å². The van der Waals surface area contributed by atoms with Gasteiger partial charge in [-0.2, -0.15) is 0 Å². The Bertz CT molecular complexity index is 285. The van der Waals surface area contributed by atoms with Crippen molar-refractivity contribution in [3.05, 3.63) is 0 Å². The molecular weight excluding hydrogens is 218 g/mol. The van der Waals surface area contributed by atoms with E-state index in [-0.39, 0.29) is 18.4 Å². The van der Waals surface area contributed by atoms with Crippen molar-refractivity contribution in [3.8, 4) is 0 Å². The molecule has 5 heteroatoms. The van der Waals surface area contributed by atoms with Crippen LogP contribution < -0.4 is 11.1 Å². The van der Waals surface area contributed by atoms with E-state index in [1.165, 1.54) is 0 Å². The highest BCUT2D eigenvalue weighted by molar-refractivity contribution is 5.88. The van der Waals surface area contributed by atoms with Gasteiger partial charge in [-0.1, -0.05) is 12.8 Å². The number of nitrogens with one attached hydrogen (secondary N) is 1. The average Bonchev–Trinajstić information content (AvgIpc) is 2.84. The monoisotopic (exact) mass is 241 g/mol. The van der Waals surface area contributed by atoms with Gasteiger partial charge in [0.15, 0.2) is 0 Å². The van der Waals surface area contributed by atoms with Crippen LogP contribution in [0.5, 0.6) is 0 Å². The van der Waals surface area contributed by atoms with Gasteiger partial charge in [0.1, 0.15) is 0 Å². The van der Waals surface area contributed by atoms with Gasteiger partial charge in [0.25, 0.3) is 0 Å². The van der Waals surface area contributed by atoms with Crippen LogP contribution in [0, 0.1) is 5.41 Å². The van der Waals surface area contributed by atoms with Crippen molar-refractivity contribution in [2.75, 3.05) is 26.7 Å². The molecule has 0 aromatic rings. The first kappa shape index (κ1) is 14.0. The second kappa shape index (κ2) is 6.00. The summed E-state index contributed by atoms with van der Waals surface area (Å²) in [5.41, 5.74) is 5.36. The smallest absolute Gasteiger partial charge is 0.239 e. The second-order valence-corrected chi connectivity index (χ2v) is 4.68. The molecule has 98 valence electrons. The lowest BCUT2D eigenvalue weighted by molar-refractivity contribution is -0.144. The fourth-order valence-electron chi connectivity index (χ4n) is 2.47. The lowest BCUT2D eigenvalue weighted by atomic mass is 9.84. The second-order valence-electron chi connectivity index (χ2n) is 4.68. The molecule has 0 atom stereocenters. The molecule has 0 aromatic heterocycles. The van der Waals surface area contributed by atoms with Crippen LogP contribution in [0.1, 0.15) is 32.6 Å². The third-order valence-corrected chi connectivity index (χ3v) is 3.69. The Morgan fingerprint density at radius 1 is 1.35 bits per heavy atom. The minimum atomic E-state index is -0.413. The van der Waals surface area contributed by atoms with Gasteiger partial charge < -0.3 is 16.0 Å². The molecule has 1 fully saturated rings. The molecule has 0 heterocycles. The third-order valence-electron chi connectivity index (χ3n) is 3.69. The molecule has 1 aliphatic rings. The molecule has 1 saturated carbocycles. The molecule has 1 rings (SSSR count). The number of hydrogen-bond acceptors (Lipinski definition) is 3. The fraction of sp³-hybridized carbons (Fsp3) is 0.833. The van der Waals surface area contributed by atoms with Crippen LogP contribution in [0.15, 0.2) is 0 Å². The number of carbonyl (C=O) groups excluding carboxylic acids is 2. The summed E-state index contributed by atoms with van der Waals surface area (Å²) in [5.74, 6) is -0.0889. The zero-order valence-electron chi connectivity index (χ0n) is 10.8. The van der Waals surface area contributed by atoms with Crippen molar-refractivity contribution in [1.82, 2.24) is 10.2 Å². The van der Waals surface area contributed by atoms with E-state index >= 15 is 0 Å². The van der Waals surface area contributed by atoms with Crippen molar-refractivity contribution in [2.45, 2.75) is 32.6 Å². The first-order valence-electron chi connectivity index (χ1n) is 6.29. The van der Waals surface area contributed by atoms with E-state index in [1.807, 2.05) is 6.92 Å². The van der Waals surface area contributed by atoms with Crippen molar-refractivity contribution < 1.29 is 9.59 Å². The van der Waals surface area contributed by atoms with Crippen molar-refractivity contribution in [2.24, 2.45) is 11.1 Å². The van der Waals surface area contributed by atoms with E-state index in [0.717, 1.165) is 25.7 Å². The van der Waals surface area contributed by atoms with Gasteiger partial charge in [-0.3, -0.25) is 9.59 Å². The van der Waals surface area contributed by atoms with E-state index in [1.54, 1.807) is 11.9 Å². The first-order valence-corrected chi connectivity index (χ1v) is 6.29. The Hall–Kier alpha value is -1.10. The summed E-state index contributed by atoms with van der Waals surface area (Å²) in [6.07, 6.45) is 3.82. The van der Waals surface area contributed by atoms with Crippen LogP contribution in [0.25, 0.3) is 0 Å². The summed E-state index contributed by atoms with van der Waals surface area (Å²) >= 11 is 0. The Morgan fingerprint density at radius 2 is 1.94 bits per heavy atom. The maximum absolute atomic E-state index is 12.4. The number of rotatable bonds is 5. The first-order chi connectivity index (χ1) is 8.09. The quantitative estimate of drug-likeness (QED) is 0.717. The van der Waals surface area contributed by atoms with Crippen LogP contribution in [0.2, 0.25) is 0 Å². The number of hydrogen-bond donors (Lipinski definition) is 2. The largest absolute Gasteiger partial charge is 0.358 e. The maximum Gasteiger partial charge on any atom is 0.239 e. The zero-order chi connectivity index (χ0) is 12.9. The van der Waals surface area contributed by atoms with Crippen LogP contribution in [0.4, 0.5) is 0 Å². The van der Waals surface area contributed by atoms with Crippen molar-refractivity contribution in [1.29, 1.82) is 0 Å². The summed E-state index contributed by atoms with van der Waals surface area (Å²) in [4.78, 5) is 25.4. The lowest BCUT2D eigenvalue weighted by Crippen LogP contribution is -2.49. The van der Waals surface area contributed by atoms with Crippen LogP contribution in [-0.4, -0.2) is 43.4 Å². The van der Waals surface area contributed by atoms with Crippen LogP contribution in [0.3, 0.4) is 0 Å². The Kier molecular flexibility index (Phi) is 4.93. The summed E-state index contributed by atoms with van der Waals surface area (Å²) in [5, 5.41) is 2.54. The fourth-order valence-corrected chi connectivity index (χ4v) is 2.47.